The van der Waals surface area contributed by atoms with Gasteiger partial charge < -0.3 is 0 Å². The first-order valence-electron chi connectivity index (χ1n) is 6.13. The number of aromatic nitrogens is 1. The maximum atomic E-state index is 12.9. The third kappa shape index (κ3) is 3.31. The molecule has 0 spiro atoms. The summed E-state index contributed by atoms with van der Waals surface area (Å²) < 4.78 is 38.8. The molecule has 1 fully saturated rings. The van der Waals surface area contributed by atoms with Gasteiger partial charge in [-0.1, -0.05) is 13.8 Å². The second-order valence-electron chi connectivity index (χ2n) is 4.65. The Morgan fingerprint density at radius 3 is 2.65 bits per heavy atom. The lowest BCUT2D eigenvalue weighted by atomic mass is 10.0. The number of carbonyl (C=O) groups excluding carboxylic acids is 1. The fourth-order valence-corrected chi connectivity index (χ4v) is 4.80. The predicted molar refractivity (Wildman–Crippen MR) is 76.3 cm³/mol. The Labute approximate surface area is 123 Å². The number of alkyl halides is 3. The molecule has 20 heavy (non-hydrogen) atoms. The topological polar surface area (TPSA) is 30.0 Å². The highest BCUT2D eigenvalue weighted by atomic mass is 32.2. The molecule has 1 saturated heterocycles. The quantitative estimate of drug-likeness (QED) is 0.773. The number of nitrogens with zero attached hydrogens (tertiary/aromatic N) is 1. The van der Waals surface area contributed by atoms with Crippen LogP contribution in [-0.2, 0) is 6.18 Å². The lowest BCUT2D eigenvalue weighted by Crippen LogP contribution is -2.32. The van der Waals surface area contributed by atoms with Crippen LogP contribution in [0, 0.1) is 0 Å². The standard InChI is InChI=1S/C13H14F3NOS2/c1-7-8(2)20-11(6-19-7)12(18)9-5-17-4-3-10(9)13(14,15)16/h3-5,7-8,11H,6H2,1-2H3. The van der Waals surface area contributed by atoms with Crippen molar-refractivity contribution in [2.75, 3.05) is 5.75 Å². The van der Waals surface area contributed by atoms with Crippen LogP contribution in [0.4, 0.5) is 13.2 Å². The molecule has 3 unspecified atom stereocenters. The van der Waals surface area contributed by atoms with Crippen LogP contribution in [0.3, 0.4) is 0 Å². The summed E-state index contributed by atoms with van der Waals surface area (Å²) in [6, 6.07) is 0.861. The normalized spacial score (nSPS) is 27.4. The van der Waals surface area contributed by atoms with Crippen LogP contribution in [0.5, 0.6) is 0 Å². The van der Waals surface area contributed by atoms with Gasteiger partial charge in [0.1, 0.15) is 0 Å². The molecule has 0 aliphatic carbocycles. The van der Waals surface area contributed by atoms with E-state index in [1.807, 2.05) is 6.92 Å². The van der Waals surface area contributed by atoms with Gasteiger partial charge in [-0.15, -0.1) is 11.8 Å². The smallest absolute Gasteiger partial charge is 0.293 e. The Morgan fingerprint density at radius 2 is 2.05 bits per heavy atom. The van der Waals surface area contributed by atoms with E-state index in [-0.39, 0.29) is 10.8 Å². The van der Waals surface area contributed by atoms with Crippen LogP contribution in [0.1, 0.15) is 29.8 Å². The fraction of sp³-hybridized carbons (Fsp3) is 0.538. The summed E-state index contributed by atoms with van der Waals surface area (Å²) in [4.78, 5) is 16.0. The number of thioether (sulfide) groups is 2. The summed E-state index contributed by atoms with van der Waals surface area (Å²) in [6.07, 6.45) is -2.44. The summed E-state index contributed by atoms with van der Waals surface area (Å²) in [7, 11) is 0. The second kappa shape index (κ2) is 5.97. The number of hydrogen-bond donors (Lipinski definition) is 0. The average Bonchev–Trinajstić information content (AvgIpc) is 2.40. The number of ketones is 1. The highest BCUT2D eigenvalue weighted by molar-refractivity contribution is 8.08. The number of hydrogen-bond acceptors (Lipinski definition) is 4. The van der Waals surface area contributed by atoms with Gasteiger partial charge in [-0.3, -0.25) is 9.78 Å². The van der Waals surface area contributed by atoms with Crippen molar-refractivity contribution in [3.63, 3.8) is 0 Å². The molecule has 0 saturated carbocycles. The van der Waals surface area contributed by atoms with E-state index in [1.165, 1.54) is 11.8 Å². The largest absolute Gasteiger partial charge is 0.417 e. The van der Waals surface area contributed by atoms with Gasteiger partial charge in [0.15, 0.2) is 5.78 Å². The minimum Gasteiger partial charge on any atom is -0.293 e. The zero-order valence-electron chi connectivity index (χ0n) is 11.0. The van der Waals surface area contributed by atoms with E-state index in [2.05, 4.69) is 11.9 Å². The van der Waals surface area contributed by atoms with Crippen LogP contribution < -0.4 is 0 Å². The second-order valence-corrected chi connectivity index (χ2v) is 7.65. The van der Waals surface area contributed by atoms with Crippen molar-refractivity contribution < 1.29 is 18.0 Å². The lowest BCUT2D eigenvalue weighted by Gasteiger charge is -2.30. The van der Waals surface area contributed by atoms with Crippen LogP contribution in [-0.4, -0.2) is 32.3 Å². The molecule has 0 aromatic carbocycles. The van der Waals surface area contributed by atoms with Gasteiger partial charge in [0.25, 0.3) is 0 Å². The molecule has 0 radical (unpaired) electrons. The zero-order chi connectivity index (χ0) is 14.9. The summed E-state index contributed by atoms with van der Waals surface area (Å²) >= 11 is 3.08. The van der Waals surface area contributed by atoms with Crippen molar-refractivity contribution in [1.29, 1.82) is 0 Å². The summed E-state index contributed by atoms with van der Waals surface area (Å²) in [5.41, 5.74) is -1.21. The van der Waals surface area contributed by atoms with E-state index in [4.69, 9.17) is 0 Å². The van der Waals surface area contributed by atoms with Gasteiger partial charge >= 0.3 is 6.18 Å². The maximum absolute atomic E-state index is 12.9. The van der Waals surface area contributed by atoms with Crippen LogP contribution in [0.2, 0.25) is 0 Å². The molecule has 1 aliphatic rings. The molecule has 0 N–H and O–H groups in total. The molecule has 7 heteroatoms. The molecule has 2 heterocycles. The Bertz CT molecular complexity index is 507. The van der Waals surface area contributed by atoms with Gasteiger partial charge in [0.05, 0.1) is 10.8 Å². The van der Waals surface area contributed by atoms with Gasteiger partial charge in [-0.25, -0.2) is 0 Å². The van der Waals surface area contributed by atoms with Crippen molar-refractivity contribution in [2.45, 2.75) is 35.8 Å². The van der Waals surface area contributed by atoms with Crippen LogP contribution in [0.25, 0.3) is 0 Å². The van der Waals surface area contributed by atoms with Crippen molar-refractivity contribution in [1.82, 2.24) is 4.98 Å². The zero-order valence-corrected chi connectivity index (χ0v) is 12.6. The van der Waals surface area contributed by atoms with E-state index >= 15 is 0 Å². The molecule has 2 rings (SSSR count). The van der Waals surface area contributed by atoms with Crippen LogP contribution >= 0.6 is 23.5 Å². The Hall–Kier alpha value is -0.690. The van der Waals surface area contributed by atoms with Crippen molar-refractivity contribution in [2.24, 2.45) is 0 Å². The highest BCUT2D eigenvalue weighted by Gasteiger charge is 2.38. The lowest BCUT2D eigenvalue weighted by molar-refractivity contribution is -0.138. The Balaban J connectivity index is 2.26. The number of carbonyl (C=O) groups is 1. The van der Waals surface area contributed by atoms with E-state index in [9.17, 15) is 18.0 Å². The van der Waals surface area contributed by atoms with Crippen molar-refractivity contribution in [3.05, 3.63) is 29.6 Å². The highest BCUT2D eigenvalue weighted by Crippen LogP contribution is 2.39. The molecule has 3 atom stereocenters. The van der Waals surface area contributed by atoms with Gasteiger partial charge in [0, 0.05) is 34.2 Å². The SMILES string of the molecule is CC1SCC(C(=O)c2cnccc2C(F)(F)F)SC1C. The molecule has 110 valence electrons. The van der Waals surface area contributed by atoms with Gasteiger partial charge in [0.2, 0.25) is 0 Å². The monoisotopic (exact) mass is 321 g/mol. The Morgan fingerprint density at radius 1 is 1.35 bits per heavy atom. The third-order valence-corrected chi connectivity index (χ3v) is 6.62. The number of Topliss-reactive ketones (excluding diaryl/α,β-unsaturated/α-hetero) is 1. The molecule has 2 nitrogen and oxygen atoms in total. The Kier molecular flexibility index (Phi) is 4.69. The molecular formula is C13H14F3NOS2. The van der Waals surface area contributed by atoms with E-state index in [1.54, 1.807) is 11.8 Å². The maximum Gasteiger partial charge on any atom is 0.417 e. The van der Waals surface area contributed by atoms with Gasteiger partial charge in [-0.2, -0.15) is 24.9 Å². The first kappa shape index (κ1) is 15.7. The predicted octanol–water partition coefficient (Wildman–Crippen LogP) is 3.91. The molecule has 1 aromatic rings. The first-order valence-corrected chi connectivity index (χ1v) is 8.12. The van der Waals surface area contributed by atoms with Crippen molar-refractivity contribution in [3.8, 4) is 0 Å². The van der Waals surface area contributed by atoms with E-state index in [0.29, 0.717) is 11.0 Å². The summed E-state index contributed by atoms with van der Waals surface area (Å²) in [5.74, 6) is 0.0722. The van der Waals surface area contributed by atoms with Gasteiger partial charge in [-0.05, 0) is 6.07 Å². The molecule has 1 aliphatic heterocycles. The van der Waals surface area contributed by atoms with E-state index in [0.717, 1.165) is 18.5 Å². The number of halogens is 3. The number of pyridine rings is 1. The first-order chi connectivity index (χ1) is 9.30. The minimum atomic E-state index is -4.53. The minimum absolute atomic E-state index is 0.244. The van der Waals surface area contributed by atoms with E-state index < -0.39 is 22.8 Å². The molecule has 0 bridgehead atoms. The fourth-order valence-electron chi connectivity index (χ4n) is 1.93. The summed E-state index contributed by atoms with van der Waals surface area (Å²) in [6.45, 7) is 4.06. The number of rotatable bonds is 2. The summed E-state index contributed by atoms with van der Waals surface area (Å²) in [5, 5.41) is 0.213. The third-order valence-electron chi connectivity index (χ3n) is 3.23. The molecule has 1 aromatic heterocycles. The molecular weight excluding hydrogens is 307 g/mol. The van der Waals surface area contributed by atoms with Crippen LogP contribution in [0.15, 0.2) is 18.5 Å². The molecule has 0 amide bonds. The van der Waals surface area contributed by atoms with Crippen molar-refractivity contribution >= 4 is 29.3 Å². The average molecular weight is 321 g/mol.